The van der Waals surface area contributed by atoms with E-state index in [0.717, 1.165) is 34.4 Å². The molecule has 0 atom stereocenters. The Hall–Kier alpha value is -1.88. The maximum absolute atomic E-state index is 14.3. The first-order valence-corrected chi connectivity index (χ1v) is 7.56. The van der Waals surface area contributed by atoms with Crippen molar-refractivity contribution in [3.63, 3.8) is 0 Å². The monoisotopic (exact) mass is 302 g/mol. The van der Waals surface area contributed by atoms with E-state index in [9.17, 15) is 8.78 Å². The number of hydrogen-bond acceptors (Lipinski definition) is 3. The van der Waals surface area contributed by atoms with Crippen LogP contribution < -0.4 is 0 Å². The fourth-order valence-electron chi connectivity index (χ4n) is 2.94. The number of aliphatic imine (C=N–C) groups is 1. The molecule has 0 fully saturated rings. The van der Waals surface area contributed by atoms with Crippen molar-refractivity contribution in [3.05, 3.63) is 52.4 Å². The Labute approximate surface area is 125 Å². The fourth-order valence-corrected chi connectivity index (χ4v) is 3.98. The zero-order chi connectivity index (χ0) is 14.6. The van der Waals surface area contributed by atoms with E-state index in [4.69, 9.17) is 0 Å². The van der Waals surface area contributed by atoms with Gasteiger partial charge in [-0.2, -0.15) is 0 Å². The molecule has 2 aliphatic rings. The van der Waals surface area contributed by atoms with Crippen molar-refractivity contribution in [3.8, 4) is 0 Å². The molecule has 2 aromatic rings. The molecule has 0 spiro atoms. The molecular formula is C16H12F2N2S. The molecule has 2 aliphatic heterocycles. The van der Waals surface area contributed by atoms with Crippen molar-refractivity contribution in [2.75, 3.05) is 13.1 Å². The highest BCUT2D eigenvalue weighted by atomic mass is 32.2. The summed E-state index contributed by atoms with van der Waals surface area (Å²) in [7, 11) is 0. The molecule has 0 unspecified atom stereocenters. The second-order valence-electron chi connectivity index (χ2n) is 5.09. The highest BCUT2D eigenvalue weighted by Gasteiger charge is 2.32. The second-order valence-corrected chi connectivity index (χ2v) is 6.27. The number of rotatable bonds is 1. The second kappa shape index (κ2) is 4.56. The molecule has 2 heterocycles. The van der Waals surface area contributed by atoms with Crippen LogP contribution in [0.15, 0.2) is 40.2 Å². The van der Waals surface area contributed by atoms with Crippen LogP contribution in [0.2, 0.25) is 0 Å². The van der Waals surface area contributed by atoms with Gasteiger partial charge < -0.3 is 4.90 Å². The number of nitrogens with zero attached hydrogens (tertiary/aromatic N) is 2. The number of allylic oxidation sites excluding steroid dienone is 1. The van der Waals surface area contributed by atoms with Crippen LogP contribution in [0.3, 0.4) is 0 Å². The summed E-state index contributed by atoms with van der Waals surface area (Å²) in [6.45, 7) is 3.54. The highest BCUT2D eigenvalue weighted by Crippen LogP contribution is 2.43. The summed E-state index contributed by atoms with van der Waals surface area (Å²) in [5.74, 6) is -1.59. The molecule has 0 aromatic heterocycles. The first-order valence-electron chi connectivity index (χ1n) is 6.74. The lowest BCUT2D eigenvalue weighted by molar-refractivity contribution is 0.516. The molecule has 0 aliphatic carbocycles. The van der Waals surface area contributed by atoms with Gasteiger partial charge in [-0.15, -0.1) is 0 Å². The molecule has 0 saturated heterocycles. The summed E-state index contributed by atoms with van der Waals surface area (Å²) in [4.78, 5) is 7.61. The van der Waals surface area contributed by atoms with Gasteiger partial charge in [-0.3, -0.25) is 4.99 Å². The molecule has 2 nitrogen and oxygen atoms in total. The minimum atomic E-state index is -0.811. The normalized spacial score (nSPS) is 17.7. The number of amidine groups is 1. The Morgan fingerprint density at radius 1 is 1.19 bits per heavy atom. The van der Waals surface area contributed by atoms with Crippen molar-refractivity contribution >= 4 is 33.4 Å². The molecular weight excluding hydrogens is 290 g/mol. The smallest absolute Gasteiger partial charge is 0.168 e. The molecule has 0 amide bonds. The predicted octanol–water partition coefficient (Wildman–Crippen LogP) is 4.22. The fraction of sp³-hybridized carbons (Fsp3) is 0.188. The average molecular weight is 302 g/mol. The molecule has 2 aromatic carbocycles. The van der Waals surface area contributed by atoms with E-state index in [1.165, 1.54) is 6.07 Å². The van der Waals surface area contributed by atoms with Gasteiger partial charge >= 0.3 is 0 Å². The summed E-state index contributed by atoms with van der Waals surface area (Å²) in [6, 6.07) is 8.33. The number of thioether (sulfide) groups is 1. The van der Waals surface area contributed by atoms with Crippen molar-refractivity contribution < 1.29 is 8.78 Å². The summed E-state index contributed by atoms with van der Waals surface area (Å²) in [6.07, 6.45) is 0. The first kappa shape index (κ1) is 12.8. The van der Waals surface area contributed by atoms with Crippen molar-refractivity contribution in [2.45, 2.75) is 6.92 Å². The van der Waals surface area contributed by atoms with Gasteiger partial charge in [0.25, 0.3) is 0 Å². The van der Waals surface area contributed by atoms with Crippen LogP contribution in [0.25, 0.3) is 16.5 Å². The van der Waals surface area contributed by atoms with Crippen LogP contribution in [0.1, 0.15) is 12.5 Å². The largest absolute Gasteiger partial charge is 0.318 e. The molecule has 0 N–H and O–H groups in total. The topological polar surface area (TPSA) is 15.6 Å². The van der Waals surface area contributed by atoms with Gasteiger partial charge in [0, 0.05) is 22.4 Å². The van der Waals surface area contributed by atoms with E-state index in [0.29, 0.717) is 10.8 Å². The molecule has 0 radical (unpaired) electrons. The van der Waals surface area contributed by atoms with Crippen LogP contribution in [0.4, 0.5) is 8.78 Å². The molecule has 21 heavy (non-hydrogen) atoms. The van der Waals surface area contributed by atoms with Gasteiger partial charge in [0.15, 0.2) is 16.8 Å². The quantitative estimate of drug-likeness (QED) is 0.783. The first-order chi connectivity index (χ1) is 10.2. The molecule has 0 bridgehead atoms. The van der Waals surface area contributed by atoms with Crippen LogP contribution in [-0.4, -0.2) is 23.2 Å². The van der Waals surface area contributed by atoms with Gasteiger partial charge in [0.1, 0.15) is 0 Å². The van der Waals surface area contributed by atoms with E-state index in [1.54, 1.807) is 23.9 Å². The summed E-state index contributed by atoms with van der Waals surface area (Å²) >= 11 is 1.60. The van der Waals surface area contributed by atoms with E-state index < -0.39 is 11.6 Å². The van der Waals surface area contributed by atoms with E-state index >= 15 is 0 Å². The third-order valence-electron chi connectivity index (χ3n) is 3.84. The third-order valence-corrected chi connectivity index (χ3v) is 4.87. The maximum Gasteiger partial charge on any atom is 0.168 e. The molecule has 5 heteroatoms. The molecule has 0 saturated carbocycles. The van der Waals surface area contributed by atoms with Gasteiger partial charge in [-0.05, 0) is 18.4 Å². The maximum atomic E-state index is 14.3. The van der Waals surface area contributed by atoms with Crippen molar-refractivity contribution in [1.29, 1.82) is 0 Å². The Morgan fingerprint density at radius 2 is 2.05 bits per heavy atom. The van der Waals surface area contributed by atoms with E-state index in [2.05, 4.69) is 9.89 Å². The van der Waals surface area contributed by atoms with Crippen LogP contribution >= 0.6 is 11.8 Å². The SMILES string of the molecule is CC1=C(c2cccc3ccc(F)c(F)c23)N2CCN=C2S1. The zero-order valence-corrected chi connectivity index (χ0v) is 12.2. The lowest BCUT2D eigenvalue weighted by Crippen LogP contribution is -2.20. The summed E-state index contributed by atoms with van der Waals surface area (Å²) in [5, 5.41) is 2.01. The Morgan fingerprint density at radius 3 is 2.90 bits per heavy atom. The lowest BCUT2D eigenvalue weighted by Gasteiger charge is -2.19. The number of fused-ring (bicyclic) bond motifs is 2. The van der Waals surface area contributed by atoms with Gasteiger partial charge in [-0.1, -0.05) is 36.0 Å². The molecule has 4 rings (SSSR count). The lowest BCUT2D eigenvalue weighted by atomic mass is 10.0. The minimum Gasteiger partial charge on any atom is -0.318 e. The number of halogens is 2. The van der Waals surface area contributed by atoms with Gasteiger partial charge in [0.05, 0.1) is 12.2 Å². The third kappa shape index (κ3) is 1.80. The minimum absolute atomic E-state index is 0.348. The Balaban J connectivity index is 2.01. The summed E-state index contributed by atoms with van der Waals surface area (Å²) in [5.41, 5.74) is 1.69. The van der Waals surface area contributed by atoms with Crippen LogP contribution in [0.5, 0.6) is 0 Å². The van der Waals surface area contributed by atoms with Gasteiger partial charge in [-0.25, -0.2) is 8.78 Å². The Kier molecular flexibility index (Phi) is 2.79. The van der Waals surface area contributed by atoms with Crippen LogP contribution in [0, 0.1) is 11.6 Å². The van der Waals surface area contributed by atoms with E-state index in [1.807, 2.05) is 19.1 Å². The molecule has 106 valence electrons. The average Bonchev–Trinajstić information content (AvgIpc) is 3.02. The zero-order valence-electron chi connectivity index (χ0n) is 11.4. The van der Waals surface area contributed by atoms with Crippen molar-refractivity contribution in [2.24, 2.45) is 4.99 Å². The highest BCUT2D eigenvalue weighted by molar-refractivity contribution is 8.17. The number of benzene rings is 2. The Bertz CT molecular complexity index is 826. The van der Waals surface area contributed by atoms with Crippen LogP contribution in [-0.2, 0) is 0 Å². The van der Waals surface area contributed by atoms with Crippen molar-refractivity contribution in [1.82, 2.24) is 4.90 Å². The van der Waals surface area contributed by atoms with E-state index in [-0.39, 0.29) is 0 Å². The number of hydrogen-bond donors (Lipinski definition) is 0. The summed E-state index contributed by atoms with van der Waals surface area (Å²) < 4.78 is 28.0. The predicted molar refractivity (Wildman–Crippen MR) is 83.1 cm³/mol. The van der Waals surface area contributed by atoms with Gasteiger partial charge in [0.2, 0.25) is 0 Å². The standard InChI is InChI=1S/C16H12F2N2S/c1-9-15(20-8-7-19-16(20)21-9)11-4-2-3-10-5-6-12(17)14(18)13(10)11/h2-6H,7-8H2,1H3.